The third-order valence-electron chi connectivity index (χ3n) is 3.89. The second-order valence-electron chi connectivity index (χ2n) is 5.22. The number of amides is 4. The Morgan fingerprint density at radius 3 is 2.70 bits per heavy atom. The average Bonchev–Trinajstić information content (AvgIpc) is 2.65. The molecule has 2 aliphatic rings. The summed E-state index contributed by atoms with van der Waals surface area (Å²) in [6.45, 7) is 6.59. The van der Waals surface area contributed by atoms with E-state index in [4.69, 9.17) is 0 Å². The lowest BCUT2D eigenvalue weighted by Gasteiger charge is -2.21. The number of nitrogens with one attached hydrogen (secondary N) is 2. The topological polar surface area (TPSA) is 81.8 Å². The Hall–Kier alpha value is -1.63. The molecule has 0 aromatic heterocycles. The second kappa shape index (κ2) is 6.69. The Kier molecular flexibility index (Phi) is 4.94. The summed E-state index contributed by atoms with van der Waals surface area (Å²) >= 11 is 0. The van der Waals surface area contributed by atoms with Gasteiger partial charge in [0.25, 0.3) is 5.91 Å². The van der Waals surface area contributed by atoms with Crippen LogP contribution < -0.4 is 10.6 Å². The Morgan fingerprint density at radius 2 is 2.05 bits per heavy atom. The predicted octanol–water partition coefficient (Wildman–Crippen LogP) is -0.471. The van der Waals surface area contributed by atoms with Gasteiger partial charge < -0.3 is 15.1 Å². The van der Waals surface area contributed by atoms with Crippen LogP contribution in [0, 0.1) is 0 Å². The van der Waals surface area contributed by atoms with Crippen molar-refractivity contribution in [3.05, 3.63) is 0 Å². The fraction of sp³-hybridized carbons (Fsp3) is 0.769. The van der Waals surface area contributed by atoms with Crippen LogP contribution in [0.1, 0.15) is 26.2 Å². The minimum atomic E-state index is -0.564. The molecule has 4 amide bonds. The van der Waals surface area contributed by atoms with E-state index in [1.54, 1.807) is 0 Å². The molecule has 0 radical (unpaired) electrons. The van der Waals surface area contributed by atoms with Gasteiger partial charge in [0, 0.05) is 26.1 Å². The van der Waals surface area contributed by atoms with Crippen LogP contribution in [-0.4, -0.2) is 66.4 Å². The first-order valence-electron chi connectivity index (χ1n) is 7.21. The summed E-state index contributed by atoms with van der Waals surface area (Å²) in [6.07, 6.45) is 1.65. The van der Waals surface area contributed by atoms with Gasteiger partial charge in [0.15, 0.2) is 0 Å². The van der Waals surface area contributed by atoms with Crippen LogP contribution in [0.3, 0.4) is 0 Å². The summed E-state index contributed by atoms with van der Waals surface area (Å²) in [5, 5.41) is 4.68. The van der Waals surface area contributed by atoms with Crippen molar-refractivity contribution in [2.45, 2.75) is 32.2 Å². The van der Waals surface area contributed by atoms with Gasteiger partial charge in [-0.1, -0.05) is 6.92 Å². The molecular weight excluding hydrogens is 260 g/mol. The summed E-state index contributed by atoms with van der Waals surface area (Å²) in [5.41, 5.74) is 0. The molecule has 0 bridgehead atoms. The van der Waals surface area contributed by atoms with Gasteiger partial charge in [-0.2, -0.15) is 0 Å². The minimum absolute atomic E-state index is 0.0666. The Bertz CT molecular complexity index is 399. The lowest BCUT2D eigenvalue weighted by Crippen LogP contribution is -2.37. The number of nitrogens with zero attached hydrogens (tertiary/aromatic N) is 2. The third-order valence-corrected chi connectivity index (χ3v) is 3.89. The van der Waals surface area contributed by atoms with E-state index in [1.165, 1.54) is 0 Å². The molecule has 1 atom stereocenters. The highest BCUT2D eigenvalue weighted by molar-refractivity contribution is 6.04. The molecule has 20 heavy (non-hydrogen) atoms. The zero-order valence-electron chi connectivity index (χ0n) is 11.9. The number of imide groups is 1. The van der Waals surface area contributed by atoms with Gasteiger partial charge in [-0.3, -0.25) is 14.9 Å². The number of carbonyl (C=O) groups excluding carboxylic acids is 3. The third kappa shape index (κ3) is 3.69. The van der Waals surface area contributed by atoms with Crippen molar-refractivity contribution in [2.75, 3.05) is 32.7 Å². The molecule has 2 saturated heterocycles. The number of likely N-dealkylation sites (N-methyl/N-ethyl adjacent to an activating group) is 1. The van der Waals surface area contributed by atoms with Crippen LogP contribution >= 0.6 is 0 Å². The molecule has 0 aromatic rings. The van der Waals surface area contributed by atoms with Crippen molar-refractivity contribution >= 4 is 17.8 Å². The van der Waals surface area contributed by atoms with Gasteiger partial charge in [-0.15, -0.1) is 0 Å². The van der Waals surface area contributed by atoms with Gasteiger partial charge in [-0.25, -0.2) is 4.79 Å². The maximum atomic E-state index is 12.2. The van der Waals surface area contributed by atoms with Crippen LogP contribution in [0.2, 0.25) is 0 Å². The number of rotatable bonds is 4. The van der Waals surface area contributed by atoms with Crippen LogP contribution in [0.25, 0.3) is 0 Å². The molecule has 2 rings (SSSR count). The maximum Gasteiger partial charge on any atom is 0.322 e. The van der Waals surface area contributed by atoms with Gasteiger partial charge in [0.05, 0.1) is 0 Å². The first kappa shape index (κ1) is 14.8. The normalized spacial score (nSPS) is 24.2. The van der Waals surface area contributed by atoms with E-state index in [0.29, 0.717) is 12.8 Å². The standard InChI is InChI=1S/C13H22N4O3/c1-2-16-6-3-7-17(9-8-16)11(18)5-4-10-12(19)15-13(20)14-10/h10H,2-9H2,1H3,(H2,14,15,19,20)/t10-/m0/s1. The molecule has 2 fully saturated rings. The van der Waals surface area contributed by atoms with Crippen molar-refractivity contribution < 1.29 is 14.4 Å². The fourth-order valence-electron chi connectivity index (χ4n) is 2.62. The molecule has 7 heteroatoms. The molecule has 0 unspecified atom stereocenters. The molecule has 0 aromatic carbocycles. The quantitative estimate of drug-likeness (QED) is 0.683. The molecule has 2 heterocycles. The Morgan fingerprint density at radius 1 is 1.25 bits per heavy atom. The largest absolute Gasteiger partial charge is 0.341 e. The monoisotopic (exact) mass is 282 g/mol. The molecule has 0 aliphatic carbocycles. The van der Waals surface area contributed by atoms with Gasteiger partial charge in [0.1, 0.15) is 6.04 Å². The van der Waals surface area contributed by atoms with E-state index in [9.17, 15) is 14.4 Å². The SMILES string of the molecule is CCN1CCCN(C(=O)CC[C@@H]2NC(=O)NC2=O)CC1. The van der Waals surface area contributed by atoms with Crippen molar-refractivity contribution in [3.8, 4) is 0 Å². The average molecular weight is 282 g/mol. The first-order chi connectivity index (χ1) is 9.60. The zero-order chi connectivity index (χ0) is 14.5. The smallest absolute Gasteiger partial charge is 0.322 e. The maximum absolute atomic E-state index is 12.2. The van der Waals surface area contributed by atoms with Crippen molar-refractivity contribution in [1.82, 2.24) is 20.4 Å². The number of hydrogen-bond donors (Lipinski definition) is 2. The summed E-state index contributed by atoms with van der Waals surface area (Å²) in [5.74, 6) is -0.271. The Balaban J connectivity index is 1.77. The number of urea groups is 1. The number of hydrogen-bond acceptors (Lipinski definition) is 4. The molecule has 0 saturated carbocycles. The molecule has 7 nitrogen and oxygen atoms in total. The van der Waals surface area contributed by atoms with Crippen LogP contribution in [0.4, 0.5) is 4.79 Å². The molecule has 0 spiro atoms. The van der Waals surface area contributed by atoms with E-state index in [0.717, 1.165) is 39.1 Å². The first-order valence-corrected chi connectivity index (χ1v) is 7.21. The minimum Gasteiger partial charge on any atom is -0.341 e. The van der Waals surface area contributed by atoms with Crippen molar-refractivity contribution in [3.63, 3.8) is 0 Å². The molecular formula is C13H22N4O3. The highest BCUT2D eigenvalue weighted by atomic mass is 16.2. The van der Waals surface area contributed by atoms with E-state index in [-0.39, 0.29) is 11.8 Å². The van der Waals surface area contributed by atoms with Crippen LogP contribution in [0.5, 0.6) is 0 Å². The highest BCUT2D eigenvalue weighted by Gasteiger charge is 2.30. The summed E-state index contributed by atoms with van der Waals surface area (Å²) in [6, 6.07) is -1.04. The van der Waals surface area contributed by atoms with E-state index in [2.05, 4.69) is 22.5 Å². The van der Waals surface area contributed by atoms with Gasteiger partial charge in [0.2, 0.25) is 5.91 Å². The predicted molar refractivity (Wildman–Crippen MR) is 73.0 cm³/mol. The zero-order valence-corrected chi connectivity index (χ0v) is 11.9. The molecule has 112 valence electrons. The summed E-state index contributed by atoms with van der Waals surface area (Å²) < 4.78 is 0. The summed E-state index contributed by atoms with van der Waals surface area (Å²) in [4.78, 5) is 38.7. The fourth-order valence-corrected chi connectivity index (χ4v) is 2.62. The van der Waals surface area contributed by atoms with E-state index >= 15 is 0 Å². The van der Waals surface area contributed by atoms with Crippen LogP contribution in [-0.2, 0) is 9.59 Å². The van der Waals surface area contributed by atoms with Gasteiger partial charge in [-0.05, 0) is 25.9 Å². The second-order valence-corrected chi connectivity index (χ2v) is 5.22. The van der Waals surface area contributed by atoms with E-state index < -0.39 is 12.1 Å². The van der Waals surface area contributed by atoms with E-state index in [1.807, 2.05) is 4.90 Å². The lowest BCUT2D eigenvalue weighted by molar-refractivity contribution is -0.131. The van der Waals surface area contributed by atoms with Crippen LogP contribution in [0.15, 0.2) is 0 Å². The lowest BCUT2D eigenvalue weighted by atomic mass is 10.1. The summed E-state index contributed by atoms with van der Waals surface area (Å²) in [7, 11) is 0. The van der Waals surface area contributed by atoms with Gasteiger partial charge >= 0.3 is 6.03 Å². The van der Waals surface area contributed by atoms with Crippen molar-refractivity contribution in [2.24, 2.45) is 0 Å². The van der Waals surface area contributed by atoms with Crippen molar-refractivity contribution in [1.29, 1.82) is 0 Å². The Labute approximate surface area is 118 Å². The highest BCUT2D eigenvalue weighted by Crippen LogP contribution is 2.08. The number of carbonyl (C=O) groups is 3. The molecule has 2 aliphatic heterocycles. The molecule has 2 N–H and O–H groups in total.